The lowest BCUT2D eigenvalue weighted by Gasteiger charge is -2.37. The van der Waals surface area contributed by atoms with Crippen LogP contribution >= 0.6 is 0 Å². The van der Waals surface area contributed by atoms with E-state index >= 15 is 0 Å². The normalized spacial score (nSPS) is 25.5. The highest BCUT2D eigenvalue weighted by Gasteiger charge is 2.43. The third-order valence-electron chi connectivity index (χ3n) is 4.57. The number of carbonyl (C=O) groups excluding carboxylic acids is 1. The number of likely N-dealkylation sites (N-methyl/N-ethyl adjacent to an activating group) is 1. The predicted octanol–water partition coefficient (Wildman–Crippen LogP) is -0.0781. The molecule has 2 aliphatic heterocycles. The van der Waals surface area contributed by atoms with Gasteiger partial charge in [0.05, 0.1) is 25.6 Å². The Bertz CT molecular complexity index is 497. The molecule has 1 spiro atoms. The number of hydrogen-bond acceptors (Lipinski definition) is 5. The fraction of sp³-hybridized carbons (Fsp3) is 0.929. The molecule has 2 fully saturated rings. The molecule has 2 saturated heterocycles. The second kappa shape index (κ2) is 6.82. The summed E-state index contributed by atoms with van der Waals surface area (Å²) in [5.74, 6) is -0.0610. The summed E-state index contributed by atoms with van der Waals surface area (Å²) >= 11 is 0. The van der Waals surface area contributed by atoms with Gasteiger partial charge >= 0.3 is 0 Å². The molecule has 7 nitrogen and oxygen atoms in total. The van der Waals surface area contributed by atoms with Gasteiger partial charge in [-0.2, -0.15) is 0 Å². The minimum atomic E-state index is -3.09. The van der Waals surface area contributed by atoms with Crippen molar-refractivity contribution in [1.29, 1.82) is 0 Å². The van der Waals surface area contributed by atoms with Gasteiger partial charge in [-0.15, -0.1) is 0 Å². The molecule has 0 bridgehead atoms. The van der Waals surface area contributed by atoms with Crippen molar-refractivity contribution in [3.05, 3.63) is 0 Å². The van der Waals surface area contributed by atoms with E-state index < -0.39 is 10.0 Å². The molecule has 22 heavy (non-hydrogen) atoms. The average Bonchev–Trinajstić information content (AvgIpc) is 2.81. The van der Waals surface area contributed by atoms with Gasteiger partial charge in [0.2, 0.25) is 15.9 Å². The summed E-state index contributed by atoms with van der Waals surface area (Å²) in [6.45, 7) is 2.27. The molecule has 0 unspecified atom stereocenters. The number of carbonyl (C=O) groups is 1. The van der Waals surface area contributed by atoms with Crippen molar-refractivity contribution in [2.24, 2.45) is 5.41 Å². The fourth-order valence-corrected chi connectivity index (χ4v) is 3.90. The number of hydrogen-bond donors (Lipinski definition) is 0. The fourth-order valence-electron chi connectivity index (χ4n) is 3.05. The van der Waals surface area contributed by atoms with Crippen LogP contribution in [-0.2, 0) is 24.3 Å². The van der Waals surface area contributed by atoms with Crippen molar-refractivity contribution < 1.29 is 22.7 Å². The van der Waals surface area contributed by atoms with Gasteiger partial charge in [-0.05, 0) is 24.7 Å². The zero-order valence-corrected chi connectivity index (χ0v) is 14.4. The highest BCUT2D eigenvalue weighted by atomic mass is 32.2. The second-order valence-electron chi connectivity index (χ2n) is 6.60. The Hall–Kier alpha value is -0.700. The minimum Gasteiger partial charge on any atom is -0.375 e. The summed E-state index contributed by atoms with van der Waals surface area (Å²) in [7, 11) is 0.302. The highest BCUT2D eigenvalue weighted by molar-refractivity contribution is 7.88. The van der Waals surface area contributed by atoms with Gasteiger partial charge in [0.15, 0.2) is 0 Å². The summed E-state index contributed by atoms with van der Waals surface area (Å²) in [5.41, 5.74) is 0.0702. The molecule has 0 radical (unpaired) electrons. The van der Waals surface area contributed by atoms with Gasteiger partial charge in [0, 0.05) is 27.2 Å². The van der Waals surface area contributed by atoms with Crippen molar-refractivity contribution in [3.8, 4) is 0 Å². The maximum absolute atomic E-state index is 11.6. The maximum atomic E-state index is 11.6. The SMILES string of the molecule is CN(C)C(=O)COC[C@H]1CC2(CCN(S(C)(=O)=O)CC2)CO1. The Kier molecular flexibility index (Phi) is 5.47. The van der Waals surface area contributed by atoms with E-state index in [0.717, 1.165) is 19.3 Å². The molecule has 2 aliphatic rings. The third kappa shape index (κ3) is 4.41. The largest absolute Gasteiger partial charge is 0.375 e. The predicted molar refractivity (Wildman–Crippen MR) is 82.0 cm³/mol. The smallest absolute Gasteiger partial charge is 0.248 e. The molecular formula is C14H26N2O5S. The van der Waals surface area contributed by atoms with E-state index in [2.05, 4.69) is 0 Å². The van der Waals surface area contributed by atoms with Crippen LogP contribution in [0.1, 0.15) is 19.3 Å². The Morgan fingerprint density at radius 3 is 2.55 bits per heavy atom. The standard InChI is InChI=1S/C14H26N2O5S/c1-15(2)13(17)10-20-9-12-8-14(11-21-12)4-6-16(7-5-14)22(3,18)19/h12H,4-11H2,1-3H3/t12-/m1/s1. The molecule has 2 rings (SSSR count). The lowest BCUT2D eigenvalue weighted by Crippen LogP contribution is -2.43. The van der Waals surface area contributed by atoms with Crippen LogP contribution in [-0.4, -0.2) is 82.9 Å². The van der Waals surface area contributed by atoms with Crippen LogP contribution in [0.25, 0.3) is 0 Å². The van der Waals surface area contributed by atoms with Gasteiger partial charge in [0.1, 0.15) is 6.61 Å². The topological polar surface area (TPSA) is 76.2 Å². The number of amides is 1. The summed E-state index contributed by atoms with van der Waals surface area (Å²) < 4.78 is 35.9. The molecule has 0 aliphatic carbocycles. The second-order valence-corrected chi connectivity index (χ2v) is 8.58. The zero-order valence-electron chi connectivity index (χ0n) is 13.6. The summed E-state index contributed by atoms with van der Waals surface area (Å²) in [6, 6.07) is 0. The van der Waals surface area contributed by atoms with Crippen molar-refractivity contribution in [2.45, 2.75) is 25.4 Å². The van der Waals surface area contributed by atoms with Crippen LogP contribution in [0.15, 0.2) is 0 Å². The van der Waals surface area contributed by atoms with Gasteiger partial charge in [-0.3, -0.25) is 4.79 Å². The minimum absolute atomic E-state index is 0.000235. The lowest BCUT2D eigenvalue weighted by atomic mass is 9.77. The van der Waals surface area contributed by atoms with Crippen LogP contribution < -0.4 is 0 Å². The Morgan fingerprint density at radius 1 is 1.36 bits per heavy atom. The average molecular weight is 334 g/mol. The van der Waals surface area contributed by atoms with Crippen molar-refractivity contribution in [3.63, 3.8) is 0 Å². The number of sulfonamides is 1. The molecule has 1 amide bonds. The van der Waals surface area contributed by atoms with Gasteiger partial charge in [-0.25, -0.2) is 12.7 Å². The van der Waals surface area contributed by atoms with E-state index in [4.69, 9.17) is 9.47 Å². The first-order chi connectivity index (χ1) is 10.2. The van der Waals surface area contributed by atoms with E-state index in [0.29, 0.717) is 26.3 Å². The van der Waals surface area contributed by atoms with Gasteiger partial charge < -0.3 is 14.4 Å². The van der Waals surface area contributed by atoms with Crippen molar-refractivity contribution in [2.75, 3.05) is 53.3 Å². The number of rotatable bonds is 5. The van der Waals surface area contributed by atoms with Crippen molar-refractivity contribution in [1.82, 2.24) is 9.21 Å². The van der Waals surface area contributed by atoms with E-state index in [1.165, 1.54) is 15.5 Å². The Morgan fingerprint density at radius 2 is 2.00 bits per heavy atom. The van der Waals surface area contributed by atoms with Crippen LogP contribution in [0.5, 0.6) is 0 Å². The van der Waals surface area contributed by atoms with Crippen LogP contribution in [0.4, 0.5) is 0 Å². The molecule has 0 aromatic heterocycles. The van der Waals surface area contributed by atoms with E-state index in [9.17, 15) is 13.2 Å². The number of piperidine rings is 1. The Labute approximate surface area is 132 Å². The van der Waals surface area contributed by atoms with Gasteiger partial charge in [0.25, 0.3) is 0 Å². The van der Waals surface area contributed by atoms with Crippen LogP contribution in [0, 0.1) is 5.41 Å². The maximum Gasteiger partial charge on any atom is 0.248 e. The van der Waals surface area contributed by atoms with Crippen molar-refractivity contribution >= 4 is 15.9 Å². The molecular weight excluding hydrogens is 308 g/mol. The van der Waals surface area contributed by atoms with E-state index in [-0.39, 0.29) is 24.0 Å². The molecule has 0 saturated carbocycles. The molecule has 0 aromatic rings. The van der Waals surface area contributed by atoms with Crippen LogP contribution in [0.2, 0.25) is 0 Å². The van der Waals surface area contributed by atoms with Gasteiger partial charge in [-0.1, -0.05) is 0 Å². The highest BCUT2D eigenvalue weighted by Crippen LogP contribution is 2.42. The van der Waals surface area contributed by atoms with E-state index in [1.807, 2.05) is 0 Å². The molecule has 0 aromatic carbocycles. The monoisotopic (exact) mass is 334 g/mol. The zero-order chi connectivity index (χ0) is 16.4. The first-order valence-electron chi connectivity index (χ1n) is 7.56. The first-order valence-corrected chi connectivity index (χ1v) is 9.41. The molecule has 0 N–H and O–H groups in total. The summed E-state index contributed by atoms with van der Waals surface area (Å²) in [5, 5.41) is 0. The first kappa shape index (κ1) is 17.7. The number of ether oxygens (including phenoxy) is 2. The molecule has 128 valence electrons. The summed E-state index contributed by atoms with van der Waals surface area (Å²) in [6.07, 6.45) is 3.79. The molecule has 1 atom stereocenters. The number of nitrogens with zero attached hydrogens (tertiary/aromatic N) is 2. The molecule has 2 heterocycles. The van der Waals surface area contributed by atoms with E-state index in [1.54, 1.807) is 14.1 Å². The molecule has 8 heteroatoms. The third-order valence-corrected chi connectivity index (χ3v) is 5.87. The van der Waals surface area contributed by atoms with Crippen LogP contribution in [0.3, 0.4) is 0 Å². The lowest BCUT2D eigenvalue weighted by molar-refractivity contribution is -0.134. The Balaban J connectivity index is 1.75. The summed E-state index contributed by atoms with van der Waals surface area (Å²) in [4.78, 5) is 12.9. The quantitative estimate of drug-likeness (QED) is 0.703.